The first-order chi connectivity index (χ1) is 10.6. The molecule has 0 saturated heterocycles. The van der Waals surface area contributed by atoms with Crippen LogP contribution in [0.4, 0.5) is 5.69 Å². The Bertz CT molecular complexity index is 581. The molecule has 0 aliphatic carbocycles. The van der Waals surface area contributed by atoms with Crippen molar-refractivity contribution >= 4 is 29.3 Å². The first kappa shape index (κ1) is 19.0. The SMILES string of the molecule is C[C@@H](Sc1ccc([N+](=O)[O-])cc1)C(=O)NCC(=O)NC(C)(C)C. The van der Waals surface area contributed by atoms with Gasteiger partial charge in [0.25, 0.3) is 5.69 Å². The standard InChI is InChI=1S/C15H21N3O4S/c1-10(14(20)16-9-13(19)17-15(2,3)4)23-12-7-5-11(6-8-12)18(21)22/h5-8,10H,9H2,1-4H3,(H,16,20)(H,17,19)/t10-/m1/s1. The number of hydrogen-bond acceptors (Lipinski definition) is 5. The van der Waals surface area contributed by atoms with Gasteiger partial charge in [-0.05, 0) is 39.8 Å². The molecule has 2 amide bonds. The van der Waals surface area contributed by atoms with E-state index in [4.69, 9.17) is 0 Å². The fourth-order valence-corrected chi connectivity index (χ4v) is 2.57. The Morgan fingerprint density at radius 1 is 1.26 bits per heavy atom. The molecule has 8 heteroatoms. The van der Waals surface area contributed by atoms with Crippen LogP contribution in [0, 0.1) is 10.1 Å². The number of rotatable bonds is 6. The summed E-state index contributed by atoms with van der Waals surface area (Å²) in [7, 11) is 0. The van der Waals surface area contributed by atoms with E-state index in [0.717, 1.165) is 4.90 Å². The number of non-ortho nitro benzene ring substituents is 1. The molecule has 0 aliphatic rings. The van der Waals surface area contributed by atoms with Crippen molar-refractivity contribution in [2.24, 2.45) is 0 Å². The molecule has 0 spiro atoms. The molecule has 1 aromatic carbocycles. The highest BCUT2D eigenvalue weighted by atomic mass is 32.2. The van der Waals surface area contributed by atoms with Crippen molar-refractivity contribution in [3.63, 3.8) is 0 Å². The van der Waals surface area contributed by atoms with Gasteiger partial charge < -0.3 is 10.6 Å². The van der Waals surface area contributed by atoms with Crippen molar-refractivity contribution in [3.8, 4) is 0 Å². The number of carbonyl (C=O) groups is 2. The summed E-state index contributed by atoms with van der Waals surface area (Å²) in [5.41, 5.74) is -0.341. The van der Waals surface area contributed by atoms with Crippen LogP contribution >= 0.6 is 11.8 Å². The van der Waals surface area contributed by atoms with Crippen LogP contribution < -0.4 is 10.6 Å². The Morgan fingerprint density at radius 3 is 2.30 bits per heavy atom. The van der Waals surface area contributed by atoms with Gasteiger partial charge in [0.2, 0.25) is 11.8 Å². The van der Waals surface area contributed by atoms with Crippen molar-refractivity contribution < 1.29 is 14.5 Å². The fourth-order valence-electron chi connectivity index (χ4n) is 1.68. The maximum Gasteiger partial charge on any atom is 0.269 e. The van der Waals surface area contributed by atoms with Crippen LogP contribution in [-0.4, -0.2) is 34.1 Å². The first-order valence-corrected chi connectivity index (χ1v) is 7.96. The van der Waals surface area contributed by atoms with E-state index in [1.165, 1.54) is 23.9 Å². The highest BCUT2D eigenvalue weighted by Gasteiger charge is 2.18. The molecular weight excluding hydrogens is 318 g/mol. The van der Waals surface area contributed by atoms with Gasteiger partial charge in [0.05, 0.1) is 16.7 Å². The molecule has 126 valence electrons. The molecule has 1 rings (SSSR count). The Balaban J connectivity index is 2.47. The molecule has 0 heterocycles. The molecule has 1 aromatic rings. The Kier molecular flexibility index (Phi) is 6.56. The summed E-state index contributed by atoms with van der Waals surface area (Å²) in [6.07, 6.45) is 0. The van der Waals surface area contributed by atoms with Crippen molar-refractivity contribution in [1.29, 1.82) is 0 Å². The lowest BCUT2D eigenvalue weighted by molar-refractivity contribution is -0.384. The minimum absolute atomic E-state index is 0.00491. The fraction of sp³-hybridized carbons (Fsp3) is 0.467. The molecule has 0 unspecified atom stereocenters. The van der Waals surface area contributed by atoms with Crippen LogP contribution in [0.2, 0.25) is 0 Å². The largest absolute Gasteiger partial charge is 0.350 e. The molecule has 23 heavy (non-hydrogen) atoms. The normalized spacial score (nSPS) is 12.3. The molecule has 0 saturated carbocycles. The van der Waals surface area contributed by atoms with Crippen molar-refractivity contribution in [2.75, 3.05) is 6.54 Å². The predicted molar refractivity (Wildman–Crippen MR) is 89.3 cm³/mol. The summed E-state index contributed by atoms with van der Waals surface area (Å²) < 4.78 is 0. The average Bonchev–Trinajstić information content (AvgIpc) is 2.43. The summed E-state index contributed by atoms with van der Waals surface area (Å²) in [5, 5.41) is 15.5. The lowest BCUT2D eigenvalue weighted by Crippen LogP contribution is -2.46. The number of hydrogen-bond donors (Lipinski definition) is 2. The van der Waals surface area contributed by atoms with Gasteiger partial charge in [-0.25, -0.2) is 0 Å². The van der Waals surface area contributed by atoms with Crippen LogP contribution in [0.5, 0.6) is 0 Å². The Labute approximate surface area is 139 Å². The van der Waals surface area contributed by atoms with E-state index >= 15 is 0 Å². The van der Waals surface area contributed by atoms with Crippen molar-refractivity contribution in [2.45, 2.75) is 43.4 Å². The third-order valence-corrected chi connectivity index (χ3v) is 3.78. The third-order valence-electron chi connectivity index (χ3n) is 2.67. The zero-order valence-corrected chi connectivity index (χ0v) is 14.4. The second kappa shape index (κ2) is 7.96. The summed E-state index contributed by atoms with van der Waals surface area (Å²) in [5.74, 6) is -0.518. The molecule has 0 fully saturated rings. The Morgan fingerprint density at radius 2 is 1.83 bits per heavy atom. The smallest absolute Gasteiger partial charge is 0.269 e. The summed E-state index contributed by atoms with van der Waals surface area (Å²) in [4.78, 5) is 34.5. The summed E-state index contributed by atoms with van der Waals surface area (Å²) >= 11 is 1.27. The van der Waals surface area contributed by atoms with Crippen LogP contribution in [0.25, 0.3) is 0 Å². The molecular formula is C15H21N3O4S. The lowest BCUT2D eigenvalue weighted by Gasteiger charge is -2.21. The number of nitrogens with zero attached hydrogens (tertiary/aromatic N) is 1. The topological polar surface area (TPSA) is 101 Å². The van der Waals surface area contributed by atoms with Gasteiger partial charge in [-0.2, -0.15) is 0 Å². The first-order valence-electron chi connectivity index (χ1n) is 7.08. The number of nitro groups is 1. The maximum atomic E-state index is 12.0. The molecule has 1 atom stereocenters. The quantitative estimate of drug-likeness (QED) is 0.469. The van der Waals surface area contributed by atoms with Crippen LogP contribution in [0.3, 0.4) is 0 Å². The van der Waals surface area contributed by atoms with Gasteiger partial charge >= 0.3 is 0 Å². The second-order valence-electron chi connectivity index (χ2n) is 6.03. The van der Waals surface area contributed by atoms with Crippen LogP contribution in [-0.2, 0) is 9.59 Å². The molecule has 0 bridgehead atoms. The third kappa shape index (κ3) is 7.14. The number of nitro benzene ring substituents is 1. The minimum Gasteiger partial charge on any atom is -0.350 e. The zero-order chi connectivity index (χ0) is 17.6. The number of benzene rings is 1. The zero-order valence-electron chi connectivity index (χ0n) is 13.6. The average molecular weight is 339 g/mol. The highest BCUT2D eigenvalue weighted by molar-refractivity contribution is 8.00. The van der Waals surface area contributed by atoms with E-state index in [0.29, 0.717) is 0 Å². The van der Waals surface area contributed by atoms with Crippen LogP contribution in [0.1, 0.15) is 27.7 Å². The maximum absolute atomic E-state index is 12.0. The van der Waals surface area contributed by atoms with E-state index in [-0.39, 0.29) is 29.6 Å². The minimum atomic E-state index is -0.474. The molecule has 0 radical (unpaired) electrons. The van der Waals surface area contributed by atoms with Crippen LogP contribution in [0.15, 0.2) is 29.2 Å². The van der Waals surface area contributed by atoms with Gasteiger partial charge in [-0.3, -0.25) is 19.7 Å². The monoisotopic (exact) mass is 339 g/mol. The van der Waals surface area contributed by atoms with E-state index in [1.54, 1.807) is 19.1 Å². The van der Waals surface area contributed by atoms with Crippen molar-refractivity contribution in [3.05, 3.63) is 34.4 Å². The lowest BCUT2D eigenvalue weighted by atomic mass is 10.1. The number of amides is 2. The van der Waals surface area contributed by atoms with Gasteiger partial charge in [-0.15, -0.1) is 11.8 Å². The number of thioether (sulfide) groups is 1. The van der Waals surface area contributed by atoms with Gasteiger partial charge in [0.15, 0.2) is 0 Å². The van der Waals surface area contributed by atoms with E-state index < -0.39 is 10.2 Å². The number of carbonyl (C=O) groups excluding carboxylic acids is 2. The predicted octanol–water partition coefficient (Wildman–Crippen LogP) is 2.11. The molecule has 0 aromatic heterocycles. The molecule has 0 aliphatic heterocycles. The summed E-state index contributed by atoms with van der Waals surface area (Å²) in [6, 6.07) is 5.98. The Hall–Kier alpha value is -2.09. The van der Waals surface area contributed by atoms with E-state index in [9.17, 15) is 19.7 Å². The van der Waals surface area contributed by atoms with E-state index in [1.807, 2.05) is 20.8 Å². The van der Waals surface area contributed by atoms with E-state index in [2.05, 4.69) is 10.6 Å². The highest BCUT2D eigenvalue weighted by Crippen LogP contribution is 2.25. The molecule has 2 N–H and O–H groups in total. The number of nitrogens with one attached hydrogen (secondary N) is 2. The summed E-state index contributed by atoms with van der Waals surface area (Å²) in [6.45, 7) is 7.21. The second-order valence-corrected chi connectivity index (χ2v) is 7.44. The van der Waals surface area contributed by atoms with Crippen molar-refractivity contribution in [1.82, 2.24) is 10.6 Å². The van der Waals surface area contributed by atoms with Gasteiger partial charge in [0, 0.05) is 22.6 Å². The molecule has 7 nitrogen and oxygen atoms in total. The van der Waals surface area contributed by atoms with Gasteiger partial charge in [-0.1, -0.05) is 0 Å². The van der Waals surface area contributed by atoms with Gasteiger partial charge in [0.1, 0.15) is 0 Å².